The van der Waals surface area contributed by atoms with E-state index in [0.717, 1.165) is 37.8 Å². The zero-order valence-electron chi connectivity index (χ0n) is 21.9. The Bertz CT molecular complexity index is 1330. The predicted molar refractivity (Wildman–Crippen MR) is 142 cm³/mol. The first-order valence-electron chi connectivity index (χ1n) is 13.1. The molecule has 1 aliphatic rings. The van der Waals surface area contributed by atoms with Crippen LogP contribution in [0.2, 0.25) is 0 Å². The topological polar surface area (TPSA) is 107 Å². The molecule has 37 heavy (non-hydrogen) atoms. The number of amides is 1. The second-order valence-corrected chi connectivity index (χ2v) is 9.60. The van der Waals surface area contributed by atoms with Crippen molar-refractivity contribution in [3.8, 4) is 11.5 Å². The Balaban J connectivity index is 1.41. The SMILES string of the molecule is CCOc1cc2[nH]c(=O)n(CC3CCC(C(=O)N(C)CCc4ccccn4)CC3)c(=O)c2cc1OCC. The third kappa shape index (κ3) is 6.21. The summed E-state index contributed by atoms with van der Waals surface area (Å²) in [6.45, 7) is 5.57. The number of nitrogens with one attached hydrogen (secondary N) is 1. The summed E-state index contributed by atoms with van der Waals surface area (Å²) in [6.07, 6.45) is 5.58. The molecule has 9 heteroatoms. The van der Waals surface area contributed by atoms with Crippen LogP contribution in [-0.2, 0) is 17.8 Å². The number of likely N-dealkylation sites (N-methyl/N-ethyl adjacent to an activating group) is 1. The summed E-state index contributed by atoms with van der Waals surface area (Å²) in [5.41, 5.74) is 0.632. The van der Waals surface area contributed by atoms with Gasteiger partial charge in [0.15, 0.2) is 11.5 Å². The van der Waals surface area contributed by atoms with Crippen molar-refractivity contribution in [3.63, 3.8) is 0 Å². The first kappa shape index (κ1) is 26.4. The summed E-state index contributed by atoms with van der Waals surface area (Å²) in [6, 6.07) is 9.10. The highest BCUT2D eigenvalue weighted by atomic mass is 16.5. The minimum absolute atomic E-state index is 0.0256. The van der Waals surface area contributed by atoms with Gasteiger partial charge in [-0.05, 0) is 63.6 Å². The maximum absolute atomic E-state index is 13.3. The number of ether oxygens (including phenoxy) is 2. The fourth-order valence-electron chi connectivity index (χ4n) is 5.06. The number of benzene rings is 1. The molecule has 0 aliphatic heterocycles. The van der Waals surface area contributed by atoms with Crippen LogP contribution in [0.1, 0.15) is 45.2 Å². The van der Waals surface area contributed by atoms with Crippen molar-refractivity contribution in [2.24, 2.45) is 11.8 Å². The number of hydrogen-bond acceptors (Lipinski definition) is 6. The van der Waals surface area contributed by atoms with Crippen LogP contribution in [0.5, 0.6) is 11.5 Å². The molecule has 3 aromatic rings. The molecule has 1 aromatic carbocycles. The van der Waals surface area contributed by atoms with E-state index in [0.29, 0.717) is 48.7 Å². The first-order chi connectivity index (χ1) is 17.9. The van der Waals surface area contributed by atoms with Gasteiger partial charge in [0.1, 0.15) is 0 Å². The average Bonchev–Trinajstić information content (AvgIpc) is 2.91. The summed E-state index contributed by atoms with van der Waals surface area (Å²) in [4.78, 5) is 48.0. The normalized spacial score (nSPS) is 17.5. The smallest absolute Gasteiger partial charge is 0.328 e. The van der Waals surface area contributed by atoms with Crippen LogP contribution in [0.3, 0.4) is 0 Å². The zero-order chi connectivity index (χ0) is 26.4. The molecule has 0 spiro atoms. The molecule has 0 saturated heterocycles. The van der Waals surface area contributed by atoms with Gasteiger partial charge in [-0.1, -0.05) is 6.07 Å². The van der Waals surface area contributed by atoms with Gasteiger partial charge in [0.05, 0.1) is 24.1 Å². The van der Waals surface area contributed by atoms with Crippen molar-refractivity contribution in [2.45, 2.75) is 52.5 Å². The number of aromatic amines is 1. The number of nitrogens with zero attached hydrogens (tertiary/aromatic N) is 3. The molecule has 0 radical (unpaired) electrons. The van der Waals surface area contributed by atoms with Crippen LogP contribution in [0.15, 0.2) is 46.1 Å². The molecule has 0 unspecified atom stereocenters. The summed E-state index contributed by atoms with van der Waals surface area (Å²) in [5, 5.41) is 0.393. The van der Waals surface area contributed by atoms with Gasteiger partial charge in [-0.2, -0.15) is 0 Å². The van der Waals surface area contributed by atoms with E-state index in [4.69, 9.17) is 9.47 Å². The molecule has 2 aromatic heterocycles. The molecule has 0 bridgehead atoms. The van der Waals surface area contributed by atoms with Gasteiger partial charge in [-0.15, -0.1) is 0 Å². The van der Waals surface area contributed by atoms with Crippen LogP contribution in [0.25, 0.3) is 10.9 Å². The first-order valence-corrected chi connectivity index (χ1v) is 13.1. The quantitative estimate of drug-likeness (QED) is 0.450. The Kier molecular flexibility index (Phi) is 8.63. The standard InChI is InChI=1S/C28H36N4O5/c1-4-36-24-16-22-23(17-25(24)37-5-2)30-28(35)32(27(22)34)18-19-9-11-20(12-10-19)26(33)31(3)15-13-21-8-6-7-14-29-21/h6-8,14,16-17,19-20H,4-5,9-13,15,18H2,1-3H3,(H,30,35). The molecule has 4 rings (SSSR count). The van der Waals surface area contributed by atoms with Crippen molar-refractivity contribution < 1.29 is 14.3 Å². The summed E-state index contributed by atoms with van der Waals surface area (Å²) < 4.78 is 12.6. The van der Waals surface area contributed by atoms with Crippen molar-refractivity contribution in [1.82, 2.24) is 19.4 Å². The molecular formula is C28H36N4O5. The second kappa shape index (κ2) is 12.1. The van der Waals surface area contributed by atoms with Gasteiger partial charge >= 0.3 is 5.69 Å². The summed E-state index contributed by atoms with van der Waals surface area (Å²) in [7, 11) is 1.85. The number of carbonyl (C=O) groups is 1. The molecule has 1 aliphatic carbocycles. The minimum atomic E-state index is -0.434. The fraction of sp³-hybridized carbons (Fsp3) is 0.500. The van der Waals surface area contributed by atoms with Crippen molar-refractivity contribution in [2.75, 3.05) is 26.8 Å². The predicted octanol–water partition coefficient (Wildman–Crippen LogP) is 3.39. The zero-order valence-corrected chi connectivity index (χ0v) is 21.9. The highest BCUT2D eigenvalue weighted by Gasteiger charge is 2.29. The highest BCUT2D eigenvalue weighted by Crippen LogP contribution is 2.32. The molecule has 1 fully saturated rings. The number of pyridine rings is 1. The molecular weight excluding hydrogens is 472 g/mol. The van der Waals surface area contributed by atoms with E-state index >= 15 is 0 Å². The van der Waals surface area contributed by atoms with Gasteiger partial charge in [0, 0.05) is 50.4 Å². The van der Waals surface area contributed by atoms with E-state index in [9.17, 15) is 14.4 Å². The van der Waals surface area contributed by atoms with E-state index in [-0.39, 0.29) is 23.3 Å². The Morgan fingerprint density at radius 3 is 2.43 bits per heavy atom. The largest absolute Gasteiger partial charge is 0.490 e. The van der Waals surface area contributed by atoms with Crippen molar-refractivity contribution >= 4 is 16.8 Å². The number of fused-ring (bicyclic) bond motifs is 1. The second-order valence-electron chi connectivity index (χ2n) is 9.60. The lowest BCUT2D eigenvalue weighted by molar-refractivity contribution is -0.135. The molecule has 198 valence electrons. The van der Waals surface area contributed by atoms with Gasteiger partial charge in [-0.3, -0.25) is 19.1 Å². The molecule has 1 saturated carbocycles. The summed E-state index contributed by atoms with van der Waals surface area (Å²) in [5.74, 6) is 1.27. The maximum atomic E-state index is 13.3. The van der Waals surface area contributed by atoms with E-state index in [1.165, 1.54) is 4.57 Å². The van der Waals surface area contributed by atoms with Crippen molar-refractivity contribution in [1.29, 1.82) is 0 Å². The van der Waals surface area contributed by atoms with Crippen LogP contribution >= 0.6 is 0 Å². The number of H-pyrrole nitrogens is 1. The maximum Gasteiger partial charge on any atom is 0.328 e. The molecule has 1 N–H and O–H groups in total. The third-order valence-corrected chi connectivity index (χ3v) is 7.09. The lowest BCUT2D eigenvalue weighted by atomic mass is 9.81. The van der Waals surface area contributed by atoms with Crippen LogP contribution in [0.4, 0.5) is 0 Å². The Morgan fingerprint density at radius 1 is 1.08 bits per heavy atom. The van der Waals surface area contributed by atoms with E-state index in [1.807, 2.05) is 39.1 Å². The molecule has 2 heterocycles. The van der Waals surface area contributed by atoms with Crippen molar-refractivity contribution in [3.05, 3.63) is 63.1 Å². The lowest BCUT2D eigenvalue weighted by Crippen LogP contribution is -2.39. The monoisotopic (exact) mass is 508 g/mol. The highest BCUT2D eigenvalue weighted by molar-refractivity contribution is 5.81. The van der Waals surface area contributed by atoms with E-state index < -0.39 is 5.69 Å². The minimum Gasteiger partial charge on any atom is -0.490 e. The Hall–Kier alpha value is -3.62. The lowest BCUT2D eigenvalue weighted by Gasteiger charge is -2.30. The van der Waals surface area contributed by atoms with Gasteiger partial charge in [-0.25, -0.2) is 4.79 Å². The fourth-order valence-corrected chi connectivity index (χ4v) is 5.06. The van der Waals surface area contributed by atoms with Gasteiger partial charge in [0.2, 0.25) is 5.91 Å². The number of aromatic nitrogens is 3. The average molecular weight is 509 g/mol. The van der Waals surface area contributed by atoms with E-state index in [2.05, 4.69) is 9.97 Å². The number of rotatable bonds is 10. The van der Waals surface area contributed by atoms with Gasteiger partial charge < -0.3 is 19.4 Å². The van der Waals surface area contributed by atoms with E-state index in [1.54, 1.807) is 23.2 Å². The summed E-state index contributed by atoms with van der Waals surface area (Å²) >= 11 is 0. The van der Waals surface area contributed by atoms with Gasteiger partial charge in [0.25, 0.3) is 5.56 Å². The molecule has 0 atom stereocenters. The van der Waals surface area contributed by atoms with Crippen LogP contribution < -0.4 is 20.7 Å². The number of carbonyl (C=O) groups excluding carboxylic acids is 1. The number of hydrogen-bond donors (Lipinski definition) is 1. The Labute approximate surface area is 216 Å². The Morgan fingerprint density at radius 2 is 1.78 bits per heavy atom. The third-order valence-electron chi connectivity index (χ3n) is 7.09. The molecule has 9 nitrogen and oxygen atoms in total. The van der Waals surface area contributed by atoms with Crippen LogP contribution in [0, 0.1) is 11.8 Å². The molecule has 1 amide bonds. The van der Waals surface area contributed by atoms with Crippen LogP contribution in [-0.4, -0.2) is 52.1 Å².